The van der Waals surface area contributed by atoms with Crippen LogP contribution in [0.5, 0.6) is 0 Å². The number of allylic oxidation sites excluding steroid dienone is 8. The summed E-state index contributed by atoms with van der Waals surface area (Å²) >= 11 is 25.1. The second-order valence-corrected chi connectivity index (χ2v) is 7.13. The number of hydrogen-bond donors (Lipinski definition) is 0. The molecule has 0 aromatic heterocycles. The molecule has 0 radical (unpaired) electrons. The van der Waals surface area contributed by atoms with E-state index >= 15 is 0 Å². The molecular weight excluding hydrogens is 400 g/mol. The van der Waals surface area contributed by atoms with Gasteiger partial charge in [-0.1, -0.05) is 70.7 Å². The molecule has 0 saturated carbocycles. The van der Waals surface area contributed by atoms with E-state index in [4.69, 9.17) is 46.4 Å². The molecule has 0 fully saturated rings. The first-order chi connectivity index (χ1) is 11.9. The predicted octanol–water partition coefficient (Wildman–Crippen LogP) is 6.25. The van der Waals surface area contributed by atoms with Crippen LogP contribution < -0.4 is 0 Å². The summed E-state index contributed by atoms with van der Waals surface area (Å²) in [7, 11) is 0. The minimum Gasteiger partial charge on any atom is -0.369 e. The van der Waals surface area contributed by atoms with Gasteiger partial charge in [0, 0.05) is 24.2 Å². The van der Waals surface area contributed by atoms with Gasteiger partial charge in [0.2, 0.25) is 5.78 Å². The lowest BCUT2D eigenvalue weighted by Crippen LogP contribution is -2.29. The number of Topliss-reactive ketones (excluding diaryl/α,β-unsaturated/α-hetero) is 1. The number of fused-ring (bicyclic) bond motifs is 1. The first-order valence-electron chi connectivity index (χ1n) is 7.89. The van der Waals surface area contributed by atoms with Crippen LogP contribution in [0.3, 0.4) is 0 Å². The average Bonchev–Trinajstić information content (AvgIpc) is 2.81. The molecule has 0 unspecified atom stereocenters. The third-order valence-corrected chi connectivity index (χ3v) is 6.17. The van der Waals surface area contributed by atoms with Crippen LogP contribution in [0.4, 0.5) is 0 Å². The summed E-state index contributed by atoms with van der Waals surface area (Å²) in [6, 6.07) is 7.39. The van der Waals surface area contributed by atoms with Gasteiger partial charge in [-0.2, -0.15) is 0 Å². The van der Waals surface area contributed by atoms with Crippen LogP contribution in [0.1, 0.15) is 29.8 Å². The van der Waals surface area contributed by atoms with Gasteiger partial charge >= 0.3 is 0 Å². The Hall–Kier alpha value is -1.19. The number of carbonyl (C=O) groups is 1. The van der Waals surface area contributed by atoms with Crippen LogP contribution >= 0.6 is 46.4 Å². The van der Waals surface area contributed by atoms with Gasteiger partial charge in [-0.3, -0.25) is 4.79 Å². The van der Waals surface area contributed by atoms with Gasteiger partial charge in [0.1, 0.15) is 0 Å². The minimum atomic E-state index is -0.0148. The smallest absolute Gasteiger partial charge is 0.209 e. The highest BCUT2D eigenvalue weighted by atomic mass is 35.5. The van der Waals surface area contributed by atoms with E-state index in [1.165, 1.54) is 0 Å². The first kappa shape index (κ1) is 18.6. The van der Waals surface area contributed by atoms with Crippen LogP contribution in [0, 0.1) is 0 Å². The monoisotopic (exact) mass is 413 g/mol. The van der Waals surface area contributed by atoms with Gasteiger partial charge in [-0.25, -0.2) is 0 Å². The third kappa shape index (κ3) is 2.96. The van der Waals surface area contributed by atoms with E-state index in [0.717, 1.165) is 11.1 Å². The van der Waals surface area contributed by atoms with Crippen LogP contribution in [0.2, 0.25) is 0 Å². The first-order valence-corrected chi connectivity index (χ1v) is 9.40. The number of halogens is 4. The molecule has 0 atom stereocenters. The number of carbonyl (C=O) groups excluding carboxylic acids is 1. The van der Waals surface area contributed by atoms with Crippen molar-refractivity contribution in [2.75, 3.05) is 13.1 Å². The fourth-order valence-corrected chi connectivity index (χ4v) is 4.19. The second kappa shape index (κ2) is 7.20. The van der Waals surface area contributed by atoms with Gasteiger partial charge in [0.25, 0.3) is 0 Å². The normalized spacial score (nSPS) is 17.4. The maximum Gasteiger partial charge on any atom is 0.209 e. The summed E-state index contributed by atoms with van der Waals surface area (Å²) in [6.45, 7) is 5.45. The highest BCUT2D eigenvalue weighted by molar-refractivity contribution is 6.55. The zero-order chi connectivity index (χ0) is 18.3. The molecule has 0 aliphatic heterocycles. The Kier molecular flexibility index (Phi) is 5.36. The van der Waals surface area contributed by atoms with E-state index in [0.29, 0.717) is 40.0 Å². The molecule has 2 nitrogen and oxygen atoms in total. The molecule has 0 bridgehead atoms. The van der Waals surface area contributed by atoms with Crippen molar-refractivity contribution in [2.24, 2.45) is 0 Å². The van der Waals surface area contributed by atoms with Crippen molar-refractivity contribution in [1.82, 2.24) is 4.90 Å². The predicted molar refractivity (Wildman–Crippen MR) is 106 cm³/mol. The summed E-state index contributed by atoms with van der Waals surface area (Å²) in [5, 5.41) is 1.04. The van der Waals surface area contributed by atoms with Gasteiger partial charge in [0.05, 0.1) is 25.8 Å². The lowest BCUT2D eigenvalue weighted by molar-refractivity contribution is 0.0992. The Labute approximate surface area is 167 Å². The van der Waals surface area contributed by atoms with Crippen LogP contribution in [0.25, 0.3) is 5.57 Å². The van der Waals surface area contributed by atoms with Crippen molar-refractivity contribution in [1.29, 1.82) is 0 Å². The maximum atomic E-state index is 13.0. The Morgan fingerprint density at radius 2 is 1.36 bits per heavy atom. The number of ketones is 1. The number of nitrogens with zero attached hydrogens (tertiary/aromatic N) is 1. The van der Waals surface area contributed by atoms with Crippen molar-refractivity contribution >= 4 is 57.8 Å². The van der Waals surface area contributed by atoms with Crippen LogP contribution in [-0.2, 0) is 0 Å². The topological polar surface area (TPSA) is 20.3 Å². The number of rotatable bonds is 3. The zero-order valence-electron chi connectivity index (χ0n) is 13.7. The van der Waals surface area contributed by atoms with E-state index in [9.17, 15) is 4.79 Å². The summed E-state index contributed by atoms with van der Waals surface area (Å²) in [5.74, 6) is -0.0148. The van der Waals surface area contributed by atoms with Crippen LogP contribution in [0.15, 0.2) is 61.7 Å². The molecule has 0 saturated heterocycles. The van der Waals surface area contributed by atoms with E-state index in [1.54, 1.807) is 0 Å². The molecule has 0 N–H and O–H groups in total. The van der Waals surface area contributed by atoms with Crippen molar-refractivity contribution in [2.45, 2.75) is 13.8 Å². The average molecular weight is 415 g/mol. The molecule has 2 aliphatic carbocycles. The second-order valence-electron chi connectivity index (χ2n) is 5.62. The largest absolute Gasteiger partial charge is 0.369 e. The lowest BCUT2D eigenvalue weighted by atomic mass is 9.86. The molecule has 2 aliphatic rings. The molecule has 25 heavy (non-hydrogen) atoms. The summed E-state index contributed by atoms with van der Waals surface area (Å²) in [5.41, 5.74) is 3.30. The van der Waals surface area contributed by atoms with Crippen molar-refractivity contribution in [3.8, 4) is 0 Å². The standard InChI is InChI=1S/C19H15Cl4NO/c1-3-24(4-2)13-9-12(10-7-5-6-8-11(10)19(13)25)14-15(20)17(22)18(23)16(14)21/h5-9H,3-4H2,1-2H3. The Bertz CT molecular complexity index is 862. The van der Waals surface area contributed by atoms with Gasteiger partial charge < -0.3 is 4.90 Å². The SMILES string of the molecule is CCN(CC)C1=CC(=C2C(Cl)=C(Cl)C(Cl)=C2Cl)c2ccccc2C1=O. The molecule has 0 amide bonds. The molecular formula is C19H15Cl4NO. The third-order valence-electron chi connectivity index (χ3n) is 4.37. The molecule has 3 rings (SSSR count). The lowest BCUT2D eigenvalue weighted by Gasteiger charge is -2.28. The summed E-state index contributed by atoms with van der Waals surface area (Å²) < 4.78 is 0. The van der Waals surface area contributed by atoms with Crippen LogP contribution in [-0.4, -0.2) is 23.8 Å². The van der Waals surface area contributed by atoms with Crippen molar-refractivity contribution < 1.29 is 4.79 Å². The molecule has 1 aromatic rings. The molecule has 6 heteroatoms. The van der Waals surface area contributed by atoms with Gasteiger partial charge in [-0.05, 0) is 31.1 Å². The highest BCUT2D eigenvalue weighted by Gasteiger charge is 2.33. The maximum absolute atomic E-state index is 13.0. The molecule has 1 aromatic carbocycles. The number of hydrogen-bond acceptors (Lipinski definition) is 2. The fraction of sp³-hybridized carbons (Fsp3) is 0.211. The van der Waals surface area contributed by atoms with Crippen molar-refractivity contribution in [3.63, 3.8) is 0 Å². The highest BCUT2D eigenvalue weighted by Crippen LogP contribution is 2.49. The zero-order valence-corrected chi connectivity index (χ0v) is 16.7. The quantitative estimate of drug-likeness (QED) is 0.582. The Morgan fingerprint density at radius 1 is 0.840 bits per heavy atom. The van der Waals surface area contributed by atoms with E-state index in [-0.39, 0.29) is 15.8 Å². The molecule has 0 heterocycles. The molecule has 130 valence electrons. The number of likely N-dealkylation sites (N-methyl/N-ethyl adjacent to an activating group) is 1. The minimum absolute atomic E-state index is 0.0148. The Balaban J connectivity index is 2.35. The van der Waals surface area contributed by atoms with Crippen molar-refractivity contribution in [3.05, 3.63) is 72.9 Å². The van der Waals surface area contributed by atoms with E-state index < -0.39 is 0 Å². The number of benzene rings is 1. The van der Waals surface area contributed by atoms with Gasteiger partial charge in [0.15, 0.2) is 0 Å². The fourth-order valence-electron chi connectivity index (χ4n) is 3.09. The van der Waals surface area contributed by atoms with E-state index in [2.05, 4.69) is 0 Å². The Morgan fingerprint density at radius 3 is 1.88 bits per heavy atom. The summed E-state index contributed by atoms with van der Waals surface area (Å²) in [6.07, 6.45) is 1.83. The van der Waals surface area contributed by atoms with E-state index in [1.807, 2.05) is 49.1 Å². The van der Waals surface area contributed by atoms with Gasteiger partial charge in [-0.15, -0.1) is 0 Å². The summed E-state index contributed by atoms with van der Waals surface area (Å²) in [4.78, 5) is 15.0. The molecule has 0 spiro atoms.